The molecule has 1 aliphatic heterocycles. The molecule has 562 valence electrons. The zero-order valence-electron chi connectivity index (χ0n) is 60.1. The van der Waals surface area contributed by atoms with Gasteiger partial charge in [0.2, 0.25) is 48.4 Å². The zero-order chi connectivity index (χ0) is 79.1. The summed E-state index contributed by atoms with van der Waals surface area (Å²) in [6.07, 6.45) is -4.18. The van der Waals surface area contributed by atoms with Crippen molar-refractivity contribution < 1.29 is 40.6 Å². The normalized spacial score (nSPS) is 11.1. The van der Waals surface area contributed by atoms with Crippen molar-refractivity contribution in [2.75, 3.05) is 46.5 Å². The van der Waals surface area contributed by atoms with Crippen LogP contribution >= 0.6 is 23.2 Å². The maximum atomic E-state index is 12.7. The number of nitriles is 1. The molecule has 6 aromatic carbocycles. The molecule has 13 N–H and O–H groups in total. The van der Waals surface area contributed by atoms with E-state index in [4.69, 9.17) is 72.3 Å². The van der Waals surface area contributed by atoms with Crippen LogP contribution in [0.1, 0.15) is 99.3 Å². The van der Waals surface area contributed by atoms with E-state index in [2.05, 4.69) is 71.2 Å². The number of nitrogen functional groups attached to an aromatic ring is 6. The molecule has 7 heterocycles. The molecular formula is C78H76Cl2F6N20O3. The number of benzene rings is 6. The molecule has 0 bridgehead atoms. The van der Waals surface area contributed by atoms with E-state index in [0.29, 0.717) is 68.3 Å². The summed E-state index contributed by atoms with van der Waals surface area (Å²) >= 11 is 12.1. The average Bonchev–Trinajstić information content (AvgIpc) is 1.80. The number of nitrogens with zero attached hydrogens (tertiary/aromatic N) is 13. The van der Waals surface area contributed by atoms with Crippen LogP contribution in [0.15, 0.2) is 170 Å². The summed E-state index contributed by atoms with van der Waals surface area (Å²) in [4.78, 5) is 60.5. The monoisotopic (exact) mass is 1520 g/mol. The molecule has 0 radical (unpaired) electrons. The number of carbonyl (C=O) groups excluding carboxylic acids is 1. The van der Waals surface area contributed by atoms with Crippen molar-refractivity contribution in [3.63, 3.8) is 0 Å². The lowest BCUT2D eigenvalue weighted by Gasteiger charge is -2.09. The third-order valence-corrected chi connectivity index (χ3v) is 16.4. The maximum absolute atomic E-state index is 12.7. The number of alkyl halides is 6. The van der Waals surface area contributed by atoms with Gasteiger partial charge in [0, 0.05) is 80.2 Å². The van der Waals surface area contributed by atoms with Gasteiger partial charge in [0.1, 0.15) is 0 Å². The van der Waals surface area contributed by atoms with Gasteiger partial charge in [-0.3, -0.25) is 4.79 Å². The van der Waals surface area contributed by atoms with Crippen LogP contribution in [-0.2, 0) is 55.7 Å². The van der Waals surface area contributed by atoms with Crippen LogP contribution in [0.5, 0.6) is 11.5 Å². The Bertz CT molecular complexity index is 5190. The minimum Gasteiger partial charge on any atom is -0.454 e. The smallest absolute Gasteiger partial charge is 0.416 e. The first-order valence-electron chi connectivity index (χ1n) is 33.9. The summed E-state index contributed by atoms with van der Waals surface area (Å²) in [7, 11) is 0. The van der Waals surface area contributed by atoms with E-state index in [0.717, 1.165) is 135 Å². The zero-order valence-corrected chi connectivity index (χ0v) is 61.7. The number of nitrogens with one attached hydrogen (secondary N) is 1. The summed E-state index contributed by atoms with van der Waals surface area (Å²) in [6.45, 7) is 13.6. The molecule has 0 fully saturated rings. The van der Waals surface area contributed by atoms with Gasteiger partial charge >= 0.3 is 12.4 Å². The number of aromatic nitrogens is 12. The highest BCUT2D eigenvalue weighted by molar-refractivity contribution is 6.43. The van der Waals surface area contributed by atoms with Crippen LogP contribution in [-0.4, -0.2) is 72.5 Å². The Balaban J connectivity index is 0.000000165. The van der Waals surface area contributed by atoms with Gasteiger partial charge in [-0.25, -0.2) is 59.8 Å². The Hall–Kier alpha value is -12.7. The fraction of sp³-hybridized carbons (Fsp3) is 0.205. The number of fused-ring (bicyclic) bond motifs is 1. The standard InChI is InChI=1S/C14H16N4O.2C13H12F3N3.C13H12N4.C13H13N3O2.C12H11Cl2N3/c1-3-11-8-13(18-14(15)17-11)10-5-4-6-12(7-10)16-9(2)19;1-2-10-7-11(19-12(17)18-10)8-3-5-9(6-4-8)13(14,15)16;1-2-10-7-11(19-12(17)18-10)8-4-3-5-9(6-8)13(14,15)16;1-2-11-7-12(17-13(15)16-11)10-5-3-4-9(6-10)8-14;1-2-9-6-10(16-13(14)15-9)8-3-4-11-12(5-8)18-7-17-11;1-2-7-6-10(17-12(15)16-7)8-4-3-5-9(13)11(8)14/h4-8H,3H2,1-2H3,(H,16,19)(H2,15,17,18);2*3-7H,2H2,1H3,(H2,17,18,19);3-7H,2H2,1H3,(H2,15,16,17);3-6H,2,7H2,1H3,(H2,14,15,16);3-6H,2H2,1H3,(H2,15,16,17). The molecule has 0 unspecified atom stereocenters. The molecule has 1 amide bonds. The molecule has 23 nitrogen and oxygen atoms in total. The molecule has 1 aliphatic rings. The van der Waals surface area contributed by atoms with Gasteiger partial charge < -0.3 is 49.2 Å². The van der Waals surface area contributed by atoms with Gasteiger partial charge in [-0.1, -0.05) is 125 Å². The van der Waals surface area contributed by atoms with Crippen molar-refractivity contribution in [2.45, 2.75) is 99.3 Å². The minimum atomic E-state index is -4.37. The number of halogens is 8. The highest BCUT2D eigenvalue weighted by Crippen LogP contribution is 2.38. The second kappa shape index (κ2) is 38.0. The maximum Gasteiger partial charge on any atom is 0.416 e. The lowest BCUT2D eigenvalue weighted by molar-refractivity contribution is -0.138. The van der Waals surface area contributed by atoms with Crippen molar-refractivity contribution in [1.82, 2.24) is 59.8 Å². The van der Waals surface area contributed by atoms with Crippen molar-refractivity contribution in [3.8, 4) is 85.1 Å². The fourth-order valence-corrected chi connectivity index (χ4v) is 10.6. The van der Waals surface area contributed by atoms with Gasteiger partial charge in [0.25, 0.3) is 0 Å². The first-order chi connectivity index (χ1) is 52.0. The second-order valence-corrected chi connectivity index (χ2v) is 24.3. The molecule has 0 aliphatic carbocycles. The fourth-order valence-electron chi connectivity index (χ4n) is 10.2. The van der Waals surface area contributed by atoms with E-state index in [9.17, 15) is 31.1 Å². The Morgan fingerprint density at radius 2 is 0.771 bits per heavy atom. The number of aryl methyl sites for hydroxylation is 6. The van der Waals surface area contributed by atoms with Crippen molar-refractivity contribution >= 4 is 70.5 Å². The summed E-state index contributed by atoms with van der Waals surface area (Å²) in [5.41, 5.74) is 47.2. The summed E-state index contributed by atoms with van der Waals surface area (Å²) in [6, 6.07) is 48.8. The third kappa shape index (κ3) is 23.9. The molecule has 0 saturated heterocycles. The molecule has 6 aromatic heterocycles. The number of rotatable bonds is 13. The Labute approximate surface area is 634 Å². The minimum absolute atomic E-state index is 0.0618. The molecule has 31 heteroatoms. The molecule has 12 aromatic rings. The van der Waals surface area contributed by atoms with Crippen LogP contribution in [0.3, 0.4) is 0 Å². The Morgan fingerprint density at radius 3 is 1.19 bits per heavy atom. The molecular weight excluding hydrogens is 1450 g/mol. The van der Waals surface area contributed by atoms with E-state index in [1.807, 2.05) is 133 Å². The average molecular weight is 1530 g/mol. The first kappa shape index (κ1) is 82.0. The number of nitrogens with two attached hydrogens (primary N) is 6. The highest BCUT2D eigenvalue weighted by Gasteiger charge is 2.31. The van der Waals surface area contributed by atoms with Gasteiger partial charge in [0.05, 0.1) is 67.0 Å². The summed E-state index contributed by atoms with van der Waals surface area (Å²) in [5.74, 6) is 2.65. The van der Waals surface area contributed by atoms with Crippen LogP contribution in [0.2, 0.25) is 10.0 Å². The number of anilines is 7. The van der Waals surface area contributed by atoms with Crippen LogP contribution in [0.4, 0.5) is 67.7 Å². The van der Waals surface area contributed by atoms with Gasteiger partial charge in [0.15, 0.2) is 11.5 Å². The van der Waals surface area contributed by atoms with Crippen molar-refractivity contribution in [2.24, 2.45) is 0 Å². The topological polar surface area (TPSA) is 382 Å². The molecule has 0 spiro atoms. The molecule has 0 saturated carbocycles. The molecule has 0 atom stereocenters. The number of hydrogen-bond donors (Lipinski definition) is 7. The number of amides is 1. The Kier molecular flexibility index (Phi) is 28.6. The lowest BCUT2D eigenvalue weighted by Crippen LogP contribution is -2.05. The van der Waals surface area contributed by atoms with Crippen molar-refractivity contribution in [1.29, 1.82) is 5.26 Å². The predicted molar refractivity (Wildman–Crippen MR) is 413 cm³/mol. The predicted octanol–water partition coefficient (Wildman–Crippen LogP) is 16.6. The quantitative estimate of drug-likeness (QED) is 0.0527. The van der Waals surface area contributed by atoms with E-state index in [1.54, 1.807) is 36.4 Å². The van der Waals surface area contributed by atoms with E-state index >= 15 is 0 Å². The number of carbonyl (C=O) groups is 1. The summed E-state index contributed by atoms with van der Waals surface area (Å²) < 4.78 is 86.0. The van der Waals surface area contributed by atoms with Gasteiger partial charge in [-0.05, 0) is 148 Å². The summed E-state index contributed by atoms with van der Waals surface area (Å²) in [5, 5.41) is 12.6. The van der Waals surface area contributed by atoms with Crippen LogP contribution in [0.25, 0.3) is 67.5 Å². The Morgan fingerprint density at radius 1 is 0.413 bits per heavy atom. The van der Waals surface area contributed by atoms with Crippen molar-refractivity contribution in [3.05, 3.63) is 231 Å². The van der Waals surface area contributed by atoms with Gasteiger partial charge in [-0.2, -0.15) is 31.6 Å². The van der Waals surface area contributed by atoms with E-state index < -0.39 is 23.5 Å². The first-order valence-corrected chi connectivity index (χ1v) is 34.6. The highest BCUT2D eigenvalue weighted by atomic mass is 35.5. The largest absolute Gasteiger partial charge is 0.454 e. The van der Waals surface area contributed by atoms with Gasteiger partial charge in [-0.15, -0.1) is 0 Å². The van der Waals surface area contributed by atoms with E-state index in [1.165, 1.54) is 25.1 Å². The number of ether oxygens (including phenoxy) is 2. The van der Waals surface area contributed by atoms with Crippen LogP contribution in [0, 0.1) is 11.3 Å². The second-order valence-electron chi connectivity index (χ2n) is 23.5. The number of hydrogen-bond acceptors (Lipinski definition) is 22. The van der Waals surface area contributed by atoms with Crippen LogP contribution < -0.4 is 49.2 Å². The molecule has 109 heavy (non-hydrogen) atoms. The third-order valence-electron chi connectivity index (χ3n) is 15.6. The lowest BCUT2D eigenvalue weighted by atomic mass is 10.1. The SMILES string of the molecule is CCc1cc(-c2ccc(C(F)(F)F)cc2)nc(N)n1.CCc1cc(-c2ccc3c(c2)OCO3)nc(N)n1.CCc1cc(-c2cccc(C#N)c2)nc(N)n1.CCc1cc(-c2cccc(C(F)(F)F)c2)nc(N)n1.CCc1cc(-c2cccc(Cl)c2Cl)nc(N)n1.CCc1cc(-c2cccc(NC(C)=O)c2)nc(N)n1. The van der Waals surface area contributed by atoms with E-state index in [-0.39, 0.29) is 42.4 Å². The molecule has 13 rings (SSSR count).